The zero-order valence-electron chi connectivity index (χ0n) is 18.6. The van der Waals surface area contributed by atoms with E-state index in [-0.39, 0.29) is 5.91 Å². The Labute approximate surface area is 182 Å². The number of amides is 1. The van der Waals surface area contributed by atoms with E-state index in [9.17, 15) is 4.79 Å². The molecule has 0 aromatic heterocycles. The van der Waals surface area contributed by atoms with Crippen molar-refractivity contribution in [3.05, 3.63) is 54.1 Å². The molecule has 0 fully saturated rings. The number of anilines is 1. The SMILES string of the molecule is CCCCCCCOc1cccc(NC(=O)c2ccc(OCCCCCC)cc2)c1. The molecule has 0 atom stereocenters. The van der Waals surface area contributed by atoms with Crippen molar-refractivity contribution >= 4 is 11.6 Å². The van der Waals surface area contributed by atoms with Crippen molar-refractivity contribution < 1.29 is 14.3 Å². The van der Waals surface area contributed by atoms with Crippen LogP contribution in [0.3, 0.4) is 0 Å². The first kappa shape index (κ1) is 23.8. The van der Waals surface area contributed by atoms with E-state index in [1.165, 1.54) is 44.9 Å². The largest absolute Gasteiger partial charge is 0.494 e. The second-order valence-corrected chi connectivity index (χ2v) is 7.68. The third-order valence-electron chi connectivity index (χ3n) is 4.99. The minimum Gasteiger partial charge on any atom is -0.494 e. The molecule has 1 N–H and O–H groups in total. The third kappa shape index (κ3) is 9.34. The first-order chi connectivity index (χ1) is 14.7. The van der Waals surface area contributed by atoms with Crippen LogP contribution in [-0.4, -0.2) is 19.1 Å². The van der Waals surface area contributed by atoms with Crippen LogP contribution in [-0.2, 0) is 0 Å². The topological polar surface area (TPSA) is 47.6 Å². The number of hydrogen-bond donors (Lipinski definition) is 1. The van der Waals surface area contributed by atoms with Gasteiger partial charge in [0.2, 0.25) is 0 Å². The normalized spacial score (nSPS) is 10.6. The minimum atomic E-state index is -0.138. The number of unbranched alkanes of at least 4 members (excludes halogenated alkanes) is 7. The van der Waals surface area contributed by atoms with E-state index < -0.39 is 0 Å². The van der Waals surface area contributed by atoms with Crippen molar-refractivity contribution in [1.29, 1.82) is 0 Å². The Hall–Kier alpha value is -2.49. The Morgan fingerprint density at radius 3 is 2.00 bits per heavy atom. The number of carbonyl (C=O) groups is 1. The molecule has 0 aliphatic heterocycles. The number of rotatable bonds is 15. The summed E-state index contributed by atoms with van der Waals surface area (Å²) >= 11 is 0. The summed E-state index contributed by atoms with van der Waals surface area (Å²) in [5, 5.41) is 2.94. The predicted octanol–water partition coefficient (Wildman–Crippen LogP) is 7.25. The average molecular weight is 412 g/mol. The highest BCUT2D eigenvalue weighted by Crippen LogP contribution is 2.20. The molecule has 0 heterocycles. The van der Waals surface area contributed by atoms with Crippen molar-refractivity contribution in [2.75, 3.05) is 18.5 Å². The zero-order chi connectivity index (χ0) is 21.4. The molecule has 0 spiro atoms. The van der Waals surface area contributed by atoms with Gasteiger partial charge in [-0.1, -0.05) is 64.9 Å². The van der Waals surface area contributed by atoms with Crippen LogP contribution in [0.2, 0.25) is 0 Å². The number of carbonyl (C=O) groups excluding carboxylic acids is 1. The molecule has 4 heteroatoms. The second kappa shape index (κ2) is 14.5. The number of hydrogen-bond acceptors (Lipinski definition) is 3. The lowest BCUT2D eigenvalue weighted by Crippen LogP contribution is -2.12. The zero-order valence-corrected chi connectivity index (χ0v) is 18.6. The molecule has 0 radical (unpaired) electrons. The Bertz CT molecular complexity index is 727. The van der Waals surface area contributed by atoms with Crippen molar-refractivity contribution in [2.24, 2.45) is 0 Å². The van der Waals surface area contributed by atoms with Crippen LogP contribution < -0.4 is 14.8 Å². The molecule has 2 aromatic carbocycles. The van der Waals surface area contributed by atoms with Crippen LogP contribution >= 0.6 is 0 Å². The summed E-state index contributed by atoms with van der Waals surface area (Å²) < 4.78 is 11.6. The van der Waals surface area contributed by atoms with E-state index in [2.05, 4.69) is 19.2 Å². The third-order valence-corrected chi connectivity index (χ3v) is 4.99. The summed E-state index contributed by atoms with van der Waals surface area (Å²) in [6.07, 6.45) is 10.8. The fourth-order valence-electron chi connectivity index (χ4n) is 3.18. The number of nitrogens with one attached hydrogen (secondary N) is 1. The maximum Gasteiger partial charge on any atom is 0.255 e. The lowest BCUT2D eigenvalue weighted by atomic mass is 10.2. The van der Waals surface area contributed by atoms with Crippen LogP contribution in [0.5, 0.6) is 11.5 Å². The van der Waals surface area contributed by atoms with E-state index in [4.69, 9.17) is 9.47 Å². The van der Waals surface area contributed by atoms with Gasteiger partial charge < -0.3 is 14.8 Å². The van der Waals surface area contributed by atoms with Gasteiger partial charge in [0.1, 0.15) is 11.5 Å². The molecule has 1 amide bonds. The molecule has 2 aromatic rings. The fourth-order valence-corrected chi connectivity index (χ4v) is 3.18. The standard InChI is InChI=1S/C26H37NO3/c1-3-5-7-9-11-20-30-25-14-12-13-23(21-25)27-26(28)22-15-17-24(18-16-22)29-19-10-8-6-4-2/h12-18,21H,3-11,19-20H2,1-2H3,(H,27,28). The van der Waals surface area contributed by atoms with Gasteiger partial charge >= 0.3 is 0 Å². The molecule has 0 aliphatic carbocycles. The van der Waals surface area contributed by atoms with Crippen LogP contribution in [0.25, 0.3) is 0 Å². The highest BCUT2D eigenvalue weighted by Gasteiger charge is 2.07. The molecule has 4 nitrogen and oxygen atoms in total. The minimum absolute atomic E-state index is 0.138. The van der Waals surface area contributed by atoms with E-state index in [1.807, 2.05) is 36.4 Å². The maximum absolute atomic E-state index is 12.5. The molecule has 0 aliphatic rings. The van der Waals surface area contributed by atoms with Crippen LogP contribution in [0, 0.1) is 0 Å². The summed E-state index contributed by atoms with van der Waals surface area (Å²) in [5.41, 5.74) is 1.34. The first-order valence-electron chi connectivity index (χ1n) is 11.5. The Balaban J connectivity index is 1.77. The highest BCUT2D eigenvalue weighted by molar-refractivity contribution is 6.04. The summed E-state index contributed by atoms with van der Waals surface area (Å²) in [7, 11) is 0. The van der Waals surface area contributed by atoms with Gasteiger partial charge in [-0.15, -0.1) is 0 Å². The van der Waals surface area contributed by atoms with Crippen molar-refractivity contribution in [2.45, 2.75) is 71.6 Å². The summed E-state index contributed by atoms with van der Waals surface area (Å²) in [5.74, 6) is 1.45. The van der Waals surface area contributed by atoms with Crippen LogP contribution in [0.1, 0.15) is 82.0 Å². The molecule has 0 unspecified atom stereocenters. The van der Waals surface area contributed by atoms with Gasteiger partial charge in [0.25, 0.3) is 5.91 Å². The smallest absolute Gasteiger partial charge is 0.255 e. The number of benzene rings is 2. The Morgan fingerprint density at radius 2 is 1.33 bits per heavy atom. The van der Waals surface area contributed by atoms with Crippen molar-refractivity contribution in [1.82, 2.24) is 0 Å². The van der Waals surface area contributed by atoms with E-state index in [0.29, 0.717) is 12.2 Å². The van der Waals surface area contributed by atoms with Gasteiger partial charge in [0.05, 0.1) is 13.2 Å². The molecule has 164 valence electrons. The van der Waals surface area contributed by atoms with E-state index in [1.54, 1.807) is 12.1 Å². The summed E-state index contributed by atoms with van der Waals surface area (Å²) in [6, 6.07) is 14.9. The van der Waals surface area contributed by atoms with Gasteiger partial charge in [-0.25, -0.2) is 0 Å². The first-order valence-corrected chi connectivity index (χ1v) is 11.5. The summed E-state index contributed by atoms with van der Waals surface area (Å²) in [4.78, 5) is 12.5. The lowest BCUT2D eigenvalue weighted by molar-refractivity contribution is 0.102. The highest BCUT2D eigenvalue weighted by atomic mass is 16.5. The Kier molecular flexibility index (Phi) is 11.5. The maximum atomic E-state index is 12.5. The van der Waals surface area contributed by atoms with E-state index in [0.717, 1.165) is 36.6 Å². The second-order valence-electron chi connectivity index (χ2n) is 7.68. The van der Waals surface area contributed by atoms with Gasteiger partial charge in [-0.05, 0) is 49.2 Å². The molecule has 30 heavy (non-hydrogen) atoms. The van der Waals surface area contributed by atoms with Crippen molar-refractivity contribution in [3.8, 4) is 11.5 Å². The predicted molar refractivity (Wildman–Crippen MR) is 125 cm³/mol. The quantitative estimate of drug-likeness (QED) is 0.314. The molecule has 0 saturated carbocycles. The van der Waals surface area contributed by atoms with Gasteiger partial charge in [-0.2, -0.15) is 0 Å². The molecule has 0 bridgehead atoms. The van der Waals surface area contributed by atoms with Gasteiger partial charge in [0.15, 0.2) is 0 Å². The number of ether oxygens (including phenoxy) is 2. The van der Waals surface area contributed by atoms with Gasteiger partial charge in [-0.3, -0.25) is 4.79 Å². The molecular weight excluding hydrogens is 374 g/mol. The molecular formula is C26H37NO3. The molecule has 2 rings (SSSR count). The molecule has 0 saturated heterocycles. The summed E-state index contributed by atoms with van der Waals surface area (Å²) in [6.45, 7) is 5.84. The monoisotopic (exact) mass is 411 g/mol. The Morgan fingerprint density at radius 1 is 0.733 bits per heavy atom. The van der Waals surface area contributed by atoms with E-state index >= 15 is 0 Å². The van der Waals surface area contributed by atoms with Crippen molar-refractivity contribution in [3.63, 3.8) is 0 Å². The van der Waals surface area contributed by atoms with Gasteiger partial charge in [0, 0.05) is 17.3 Å². The fraction of sp³-hybridized carbons (Fsp3) is 0.500. The van der Waals surface area contributed by atoms with Crippen LogP contribution in [0.4, 0.5) is 5.69 Å². The average Bonchev–Trinajstić information content (AvgIpc) is 2.77. The lowest BCUT2D eigenvalue weighted by Gasteiger charge is -2.10. The van der Waals surface area contributed by atoms with Crippen LogP contribution in [0.15, 0.2) is 48.5 Å².